The zero-order valence-corrected chi connectivity index (χ0v) is 11.9. The van der Waals surface area contributed by atoms with Gasteiger partial charge in [0.2, 0.25) is 0 Å². The van der Waals surface area contributed by atoms with Gasteiger partial charge in [-0.25, -0.2) is 0 Å². The number of aromatic nitrogens is 3. The highest BCUT2D eigenvalue weighted by Gasteiger charge is 2.44. The molecule has 3 rings (SSSR count). The Morgan fingerprint density at radius 1 is 1.24 bits per heavy atom. The van der Waals surface area contributed by atoms with Gasteiger partial charge in [0.25, 0.3) is 6.29 Å². The van der Waals surface area contributed by atoms with Gasteiger partial charge in [0.1, 0.15) is 29.3 Å². The molecule has 4 atom stereocenters. The van der Waals surface area contributed by atoms with Crippen molar-refractivity contribution in [2.24, 2.45) is 0 Å². The molecular weight excluding hydrogens is 325 g/mol. The summed E-state index contributed by atoms with van der Waals surface area (Å²) < 4.78 is 5.19. The molecule has 1 aliphatic rings. The standard InChI is InChI=1S/C11H11Cl2N3O5/c12-4-1-6-7(2-5(4)13)16(15-14-6)21-11-10(19)9(18)8(3-17)20-11/h1-2,8-11,17-19H,3H2/t8-,9-,10-,11+/m1/s1. The molecule has 21 heavy (non-hydrogen) atoms. The summed E-state index contributed by atoms with van der Waals surface area (Å²) in [5.74, 6) is 0. The summed E-state index contributed by atoms with van der Waals surface area (Å²) in [6.45, 7) is -0.447. The fourth-order valence-electron chi connectivity index (χ4n) is 2.02. The summed E-state index contributed by atoms with van der Waals surface area (Å²) in [5.41, 5.74) is 0.860. The van der Waals surface area contributed by atoms with Crippen molar-refractivity contribution in [1.82, 2.24) is 15.2 Å². The summed E-state index contributed by atoms with van der Waals surface area (Å²) in [5, 5.41) is 36.7. The maximum Gasteiger partial charge on any atom is 0.256 e. The number of fused-ring (bicyclic) bond motifs is 1. The molecule has 1 aliphatic heterocycles. The molecule has 1 saturated heterocycles. The third kappa shape index (κ3) is 2.54. The predicted molar refractivity (Wildman–Crippen MR) is 71.9 cm³/mol. The van der Waals surface area contributed by atoms with E-state index < -0.39 is 31.2 Å². The lowest BCUT2D eigenvalue weighted by Crippen LogP contribution is -2.38. The van der Waals surface area contributed by atoms with E-state index in [9.17, 15) is 10.2 Å². The molecule has 8 nitrogen and oxygen atoms in total. The molecule has 114 valence electrons. The van der Waals surface area contributed by atoms with Gasteiger partial charge >= 0.3 is 0 Å². The Morgan fingerprint density at radius 2 is 1.95 bits per heavy atom. The van der Waals surface area contributed by atoms with Crippen LogP contribution in [0.1, 0.15) is 0 Å². The number of benzene rings is 1. The van der Waals surface area contributed by atoms with Gasteiger partial charge in [0, 0.05) is 0 Å². The molecule has 0 saturated carbocycles. The SMILES string of the molecule is OC[C@H]1O[C@@H](On2nnc3cc(Cl)c(Cl)cc32)[C@H](O)[C@@H]1O. The number of nitrogens with zero attached hydrogens (tertiary/aromatic N) is 3. The Morgan fingerprint density at radius 3 is 2.62 bits per heavy atom. The second kappa shape index (κ2) is 5.56. The van der Waals surface area contributed by atoms with E-state index in [0.717, 1.165) is 4.85 Å². The lowest BCUT2D eigenvalue weighted by molar-refractivity contribution is -0.176. The topological polar surface area (TPSA) is 110 Å². The number of rotatable bonds is 3. The normalized spacial score (nSPS) is 29.2. The van der Waals surface area contributed by atoms with Gasteiger partial charge in [0.15, 0.2) is 0 Å². The first-order valence-electron chi connectivity index (χ1n) is 6.01. The fourth-order valence-corrected chi connectivity index (χ4v) is 2.34. The van der Waals surface area contributed by atoms with E-state index in [0.29, 0.717) is 16.1 Å². The zero-order valence-electron chi connectivity index (χ0n) is 10.4. The molecule has 1 fully saturated rings. The van der Waals surface area contributed by atoms with E-state index in [1.54, 1.807) is 0 Å². The molecule has 0 spiro atoms. The molecule has 10 heteroatoms. The minimum atomic E-state index is -1.33. The minimum absolute atomic E-state index is 0.289. The lowest BCUT2D eigenvalue weighted by Gasteiger charge is -2.15. The highest BCUT2D eigenvalue weighted by atomic mass is 35.5. The van der Waals surface area contributed by atoms with Crippen LogP contribution in [0.5, 0.6) is 0 Å². The summed E-state index contributed by atoms with van der Waals surface area (Å²) in [4.78, 5) is 6.35. The van der Waals surface area contributed by atoms with Crippen LogP contribution in [0.2, 0.25) is 10.0 Å². The summed E-state index contributed by atoms with van der Waals surface area (Å²) in [7, 11) is 0. The van der Waals surface area contributed by atoms with Crippen LogP contribution >= 0.6 is 23.2 Å². The maximum absolute atomic E-state index is 9.81. The number of ether oxygens (including phenoxy) is 1. The molecule has 0 amide bonds. The molecule has 0 aliphatic carbocycles. The molecule has 2 heterocycles. The highest BCUT2D eigenvalue weighted by Crippen LogP contribution is 2.27. The van der Waals surface area contributed by atoms with Crippen LogP contribution in [0, 0.1) is 0 Å². The van der Waals surface area contributed by atoms with E-state index in [-0.39, 0.29) is 5.02 Å². The van der Waals surface area contributed by atoms with E-state index in [1.807, 2.05) is 0 Å². The molecule has 2 aromatic rings. The van der Waals surface area contributed by atoms with Crippen molar-refractivity contribution in [2.45, 2.75) is 24.6 Å². The average molecular weight is 336 g/mol. The molecule has 1 aromatic carbocycles. The largest absolute Gasteiger partial charge is 0.394 e. The van der Waals surface area contributed by atoms with Gasteiger partial charge in [-0.3, -0.25) is 0 Å². The number of halogens is 2. The fraction of sp³-hybridized carbons (Fsp3) is 0.455. The summed E-state index contributed by atoms with van der Waals surface area (Å²) >= 11 is 11.8. The Balaban J connectivity index is 1.87. The first-order valence-corrected chi connectivity index (χ1v) is 6.77. The molecule has 3 N–H and O–H groups in total. The van der Waals surface area contributed by atoms with Crippen molar-refractivity contribution in [3.63, 3.8) is 0 Å². The first kappa shape index (κ1) is 14.8. The highest BCUT2D eigenvalue weighted by molar-refractivity contribution is 6.42. The summed E-state index contributed by atoms with van der Waals surface area (Å²) in [6.07, 6.45) is -4.72. The second-order valence-corrected chi connectivity index (χ2v) is 5.34. The van der Waals surface area contributed by atoms with Crippen molar-refractivity contribution >= 4 is 34.2 Å². The lowest BCUT2D eigenvalue weighted by atomic mass is 10.1. The maximum atomic E-state index is 9.81. The van der Waals surface area contributed by atoms with Crippen molar-refractivity contribution in [1.29, 1.82) is 0 Å². The molecule has 0 unspecified atom stereocenters. The van der Waals surface area contributed by atoms with Gasteiger partial charge in [-0.1, -0.05) is 28.0 Å². The smallest absolute Gasteiger partial charge is 0.256 e. The van der Waals surface area contributed by atoms with E-state index in [1.165, 1.54) is 12.1 Å². The van der Waals surface area contributed by atoms with E-state index >= 15 is 0 Å². The molecule has 0 bridgehead atoms. The number of aliphatic hydroxyl groups excluding tert-OH is 3. The Kier molecular flexibility index (Phi) is 3.91. The van der Waals surface area contributed by atoms with Gasteiger partial charge in [-0.15, -0.1) is 5.10 Å². The van der Waals surface area contributed by atoms with Crippen molar-refractivity contribution in [3.8, 4) is 0 Å². The van der Waals surface area contributed by atoms with Crippen LogP contribution in [0.15, 0.2) is 12.1 Å². The molecule has 0 radical (unpaired) electrons. The Bertz CT molecular complexity index is 667. The Hall–Kier alpha value is -1.16. The van der Waals surface area contributed by atoms with Gasteiger partial charge in [0.05, 0.1) is 16.7 Å². The molecule has 1 aromatic heterocycles. The monoisotopic (exact) mass is 335 g/mol. The number of aliphatic hydroxyl groups is 3. The van der Waals surface area contributed by atoms with Crippen molar-refractivity contribution in [2.75, 3.05) is 6.61 Å². The second-order valence-electron chi connectivity index (χ2n) is 4.53. The number of hydrogen-bond acceptors (Lipinski definition) is 7. The third-order valence-corrected chi connectivity index (χ3v) is 3.88. The third-order valence-electron chi connectivity index (χ3n) is 3.16. The van der Waals surface area contributed by atoms with Crippen molar-refractivity contribution in [3.05, 3.63) is 22.2 Å². The van der Waals surface area contributed by atoms with Gasteiger partial charge in [-0.2, -0.15) is 0 Å². The van der Waals surface area contributed by atoms with Crippen LogP contribution < -0.4 is 4.84 Å². The van der Waals surface area contributed by atoms with Crippen LogP contribution in [0.25, 0.3) is 11.0 Å². The predicted octanol–water partition coefficient (Wildman–Crippen LogP) is -0.394. The first-order chi connectivity index (χ1) is 10.0. The molecular formula is C11H11Cl2N3O5. The average Bonchev–Trinajstić information content (AvgIpc) is 2.96. The summed E-state index contributed by atoms with van der Waals surface area (Å²) in [6, 6.07) is 3.02. The van der Waals surface area contributed by atoms with Crippen LogP contribution in [-0.4, -0.2) is 61.7 Å². The van der Waals surface area contributed by atoms with Crippen LogP contribution in [-0.2, 0) is 4.74 Å². The van der Waals surface area contributed by atoms with E-state index in [2.05, 4.69) is 10.3 Å². The quantitative estimate of drug-likeness (QED) is 0.700. The van der Waals surface area contributed by atoms with Gasteiger partial charge in [-0.05, 0) is 17.3 Å². The zero-order chi connectivity index (χ0) is 15.1. The van der Waals surface area contributed by atoms with Gasteiger partial charge < -0.3 is 24.9 Å². The van der Waals surface area contributed by atoms with Crippen LogP contribution in [0.4, 0.5) is 0 Å². The van der Waals surface area contributed by atoms with Crippen molar-refractivity contribution < 1.29 is 24.9 Å². The van der Waals surface area contributed by atoms with E-state index in [4.69, 9.17) is 37.9 Å². The van der Waals surface area contributed by atoms with Crippen LogP contribution in [0.3, 0.4) is 0 Å². The number of hydrogen-bond donors (Lipinski definition) is 3. The Labute approximate surface area is 128 Å². The minimum Gasteiger partial charge on any atom is -0.394 e.